The monoisotopic (exact) mass is 313 g/mol. The third-order valence-electron chi connectivity index (χ3n) is 4.44. The van der Waals surface area contributed by atoms with E-state index in [1.54, 1.807) is 0 Å². The molecule has 0 radical (unpaired) electrons. The van der Waals surface area contributed by atoms with Gasteiger partial charge in [-0.15, -0.1) is 0 Å². The van der Waals surface area contributed by atoms with Crippen molar-refractivity contribution in [2.24, 2.45) is 5.73 Å². The molecule has 0 aromatic heterocycles. The standard InChI is InChI=1S/C18H35NOS/c1-2-3-4-5-7-10-13-16-17(21-16)14-11-8-6-9-12-15-18(19)20/h16-17H,2-15H2,1H3,(H2,19,20). The van der Waals surface area contributed by atoms with E-state index < -0.39 is 0 Å². The molecule has 1 heterocycles. The molecule has 2 N–H and O–H groups in total. The normalized spacial score (nSPS) is 20.6. The molecule has 1 aliphatic rings. The SMILES string of the molecule is CCCCCCCCC1SC1CCCCCCCC(N)=O. The van der Waals surface area contributed by atoms with Crippen LogP contribution in [0.1, 0.15) is 96.8 Å². The Morgan fingerprint density at radius 1 is 0.810 bits per heavy atom. The van der Waals surface area contributed by atoms with Crippen molar-refractivity contribution >= 4 is 17.7 Å². The summed E-state index contributed by atoms with van der Waals surface area (Å²) in [6.45, 7) is 2.28. The number of rotatable bonds is 15. The molecular formula is C18H35NOS. The second-order valence-electron chi connectivity index (χ2n) is 6.54. The van der Waals surface area contributed by atoms with Crippen LogP contribution in [0.15, 0.2) is 0 Å². The van der Waals surface area contributed by atoms with E-state index in [0.29, 0.717) is 6.42 Å². The first-order chi connectivity index (χ1) is 10.2. The van der Waals surface area contributed by atoms with Crippen LogP contribution < -0.4 is 5.73 Å². The Morgan fingerprint density at radius 2 is 1.29 bits per heavy atom. The minimum absolute atomic E-state index is 0.151. The minimum Gasteiger partial charge on any atom is -0.370 e. The maximum atomic E-state index is 10.6. The Morgan fingerprint density at radius 3 is 1.81 bits per heavy atom. The Bertz CT molecular complexity index is 270. The Hall–Kier alpha value is -0.180. The summed E-state index contributed by atoms with van der Waals surface area (Å²) in [5, 5.41) is 1.97. The number of thioether (sulfide) groups is 1. The highest BCUT2D eigenvalue weighted by molar-refractivity contribution is 8.07. The highest BCUT2D eigenvalue weighted by Crippen LogP contribution is 2.47. The molecule has 0 bridgehead atoms. The summed E-state index contributed by atoms with van der Waals surface area (Å²) >= 11 is 2.22. The van der Waals surface area contributed by atoms with Gasteiger partial charge < -0.3 is 5.73 Å². The van der Waals surface area contributed by atoms with E-state index >= 15 is 0 Å². The first kappa shape index (κ1) is 18.9. The van der Waals surface area contributed by atoms with E-state index in [9.17, 15) is 4.79 Å². The second kappa shape index (κ2) is 12.4. The maximum absolute atomic E-state index is 10.6. The summed E-state index contributed by atoms with van der Waals surface area (Å²) in [6, 6.07) is 0. The Labute approximate surface area is 136 Å². The molecule has 0 aromatic rings. The van der Waals surface area contributed by atoms with Crippen LogP contribution in [0.2, 0.25) is 0 Å². The van der Waals surface area contributed by atoms with Crippen LogP contribution in [0, 0.1) is 0 Å². The van der Waals surface area contributed by atoms with Crippen LogP contribution in [-0.2, 0) is 4.79 Å². The van der Waals surface area contributed by atoms with Crippen molar-refractivity contribution in [3.05, 3.63) is 0 Å². The summed E-state index contributed by atoms with van der Waals surface area (Å²) in [5.74, 6) is -0.151. The van der Waals surface area contributed by atoms with Crippen molar-refractivity contribution < 1.29 is 4.79 Å². The molecule has 0 saturated carbocycles. The molecule has 2 unspecified atom stereocenters. The average molecular weight is 314 g/mol. The van der Waals surface area contributed by atoms with Gasteiger partial charge in [-0.3, -0.25) is 4.79 Å². The van der Waals surface area contributed by atoms with Crippen molar-refractivity contribution in [3.8, 4) is 0 Å². The number of hydrogen-bond donors (Lipinski definition) is 1. The zero-order chi connectivity index (χ0) is 15.3. The minimum atomic E-state index is -0.151. The lowest BCUT2D eigenvalue weighted by molar-refractivity contribution is -0.118. The van der Waals surface area contributed by atoms with E-state index in [1.165, 1.54) is 77.0 Å². The molecule has 1 saturated heterocycles. The fourth-order valence-electron chi connectivity index (χ4n) is 2.99. The number of unbranched alkanes of at least 4 members (excludes halogenated alkanes) is 9. The molecular weight excluding hydrogens is 278 g/mol. The number of primary amides is 1. The van der Waals surface area contributed by atoms with Gasteiger partial charge in [0.2, 0.25) is 5.91 Å². The van der Waals surface area contributed by atoms with Gasteiger partial charge in [0.1, 0.15) is 0 Å². The molecule has 0 aromatic carbocycles. The average Bonchev–Trinajstić information content (AvgIpc) is 3.20. The lowest BCUT2D eigenvalue weighted by Gasteiger charge is -2.01. The predicted molar refractivity (Wildman–Crippen MR) is 94.7 cm³/mol. The van der Waals surface area contributed by atoms with Crippen LogP contribution in [0.25, 0.3) is 0 Å². The Kier molecular flexibility index (Phi) is 11.1. The number of carbonyl (C=O) groups excluding carboxylic acids is 1. The van der Waals surface area contributed by atoms with Gasteiger partial charge in [0, 0.05) is 16.9 Å². The van der Waals surface area contributed by atoms with Crippen LogP contribution >= 0.6 is 11.8 Å². The molecule has 124 valence electrons. The highest BCUT2D eigenvalue weighted by atomic mass is 32.2. The fourth-order valence-corrected chi connectivity index (χ4v) is 4.22. The van der Waals surface area contributed by atoms with Gasteiger partial charge >= 0.3 is 0 Å². The van der Waals surface area contributed by atoms with Gasteiger partial charge in [0.05, 0.1) is 0 Å². The predicted octanol–water partition coefficient (Wildman–Crippen LogP) is 5.44. The fraction of sp³-hybridized carbons (Fsp3) is 0.944. The third kappa shape index (κ3) is 11.1. The summed E-state index contributed by atoms with van der Waals surface area (Å²) in [7, 11) is 0. The zero-order valence-corrected chi connectivity index (χ0v) is 14.8. The molecule has 2 nitrogen and oxygen atoms in total. The van der Waals surface area contributed by atoms with E-state index in [0.717, 1.165) is 16.9 Å². The summed E-state index contributed by atoms with van der Waals surface area (Å²) in [6.07, 6.45) is 18.1. The zero-order valence-electron chi connectivity index (χ0n) is 13.9. The third-order valence-corrected chi connectivity index (χ3v) is 5.96. The van der Waals surface area contributed by atoms with Crippen LogP contribution in [-0.4, -0.2) is 16.4 Å². The van der Waals surface area contributed by atoms with E-state index in [4.69, 9.17) is 5.73 Å². The van der Waals surface area contributed by atoms with Gasteiger partial charge in [0.15, 0.2) is 0 Å². The van der Waals surface area contributed by atoms with Crippen molar-refractivity contribution in [2.75, 3.05) is 0 Å². The quantitative estimate of drug-likeness (QED) is 0.323. The molecule has 1 aliphatic heterocycles. The molecule has 21 heavy (non-hydrogen) atoms. The molecule has 0 aliphatic carbocycles. The van der Waals surface area contributed by atoms with Crippen molar-refractivity contribution in [2.45, 2.75) is 107 Å². The number of hydrogen-bond acceptors (Lipinski definition) is 2. The van der Waals surface area contributed by atoms with Crippen LogP contribution in [0.5, 0.6) is 0 Å². The highest BCUT2D eigenvalue weighted by Gasteiger charge is 2.36. The second-order valence-corrected chi connectivity index (χ2v) is 8.03. The number of carbonyl (C=O) groups is 1. The maximum Gasteiger partial charge on any atom is 0.217 e. The first-order valence-corrected chi connectivity index (χ1v) is 10.1. The van der Waals surface area contributed by atoms with Gasteiger partial charge in [-0.05, 0) is 19.3 Å². The summed E-state index contributed by atoms with van der Waals surface area (Å²) < 4.78 is 0. The van der Waals surface area contributed by atoms with Gasteiger partial charge in [-0.1, -0.05) is 71.1 Å². The van der Waals surface area contributed by atoms with Gasteiger partial charge in [-0.2, -0.15) is 11.8 Å². The Balaban J connectivity index is 1.77. The lowest BCUT2D eigenvalue weighted by Crippen LogP contribution is -2.09. The van der Waals surface area contributed by atoms with E-state index in [2.05, 4.69) is 18.7 Å². The summed E-state index contributed by atoms with van der Waals surface area (Å²) in [4.78, 5) is 10.6. The van der Waals surface area contributed by atoms with Crippen LogP contribution in [0.4, 0.5) is 0 Å². The summed E-state index contributed by atoms with van der Waals surface area (Å²) in [5.41, 5.74) is 5.13. The van der Waals surface area contributed by atoms with Gasteiger partial charge in [0.25, 0.3) is 0 Å². The van der Waals surface area contributed by atoms with E-state index in [1.807, 2.05) is 0 Å². The molecule has 1 fully saturated rings. The van der Waals surface area contributed by atoms with Crippen molar-refractivity contribution in [1.82, 2.24) is 0 Å². The first-order valence-electron chi connectivity index (χ1n) is 9.17. The van der Waals surface area contributed by atoms with Crippen molar-refractivity contribution in [1.29, 1.82) is 0 Å². The smallest absolute Gasteiger partial charge is 0.217 e. The molecule has 3 heteroatoms. The number of amides is 1. The molecule has 1 rings (SSSR count). The number of nitrogens with two attached hydrogens (primary N) is 1. The topological polar surface area (TPSA) is 43.1 Å². The van der Waals surface area contributed by atoms with Gasteiger partial charge in [-0.25, -0.2) is 0 Å². The largest absolute Gasteiger partial charge is 0.370 e. The van der Waals surface area contributed by atoms with Crippen LogP contribution in [0.3, 0.4) is 0 Å². The molecule has 2 atom stereocenters. The van der Waals surface area contributed by atoms with E-state index in [-0.39, 0.29) is 5.91 Å². The molecule has 1 amide bonds. The lowest BCUT2D eigenvalue weighted by atomic mass is 10.0. The van der Waals surface area contributed by atoms with Crippen molar-refractivity contribution in [3.63, 3.8) is 0 Å². The molecule has 0 spiro atoms.